The molecule has 0 saturated carbocycles. The molecule has 17 nitrogen and oxygen atoms in total. The molecule has 3 unspecified atom stereocenters. The predicted molar refractivity (Wildman–Crippen MR) is 99.4 cm³/mol. The number of alkyl halides is 1. The van der Waals surface area contributed by atoms with Gasteiger partial charge in [-0.1, -0.05) is 0 Å². The summed E-state index contributed by atoms with van der Waals surface area (Å²) in [6, 6.07) is 0. The number of ether oxygens (including phenoxy) is 1. The van der Waals surface area contributed by atoms with Gasteiger partial charge in [0.15, 0.2) is 6.23 Å². The molecule has 0 amide bonds. The molecule has 0 spiro atoms. The Morgan fingerprint density at radius 1 is 1.22 bits per heavy atom. The summed E-state index contributed by atoms with van der Waals surface area (Å²) in [5.74, 6) is -3.55. The van der Waals surface area contributed by atoms with Gasteiger partial charge in [0, 0.05) is 6.20 Å². The average Bonchev–Trinajstić information content (AvgIpc) is 2.74. The molecule has 32 heavy (non-hydrogen) atoms. The van der Waals surface area contributed by atoms with Crippen LogP contribution in [0.4, 0.5) is 4.39 Å². The molecule has 22 heteroatoms. The van der Waals surface area contributed by atoms with Crippen molar-refractivity contribution in [3.8, 4) is 0 Å². The number of aliphatic hydroxyl groups is 2. The fraction of sp³-hybridized carbons (Fsp3) is 0.600. The smallest absolute Gasteiger partial charge is 0.384 e. The zero-order chi connectivity index (χ0) is 24.9. The van der Waals surface area contributed by atoms with E-state index in [1.807, 2.05) is 0 Å². The molecule has 0 aromatic carbocycles. The quantitative estimate of drug-likeness (QED) is 0.177. The van der Waals surface area contributed by atoms with Gasteiger partial charge in [-0.15, -0.1) is 0 Å². The van der Waals surface area contributed by atoms with E-state index >= 15 is 4.39 Å². The third-order valence-corrected chi connectivity index (χ3v) is 8.13. The number of rotatable bonds is 8. The number of halogens is 2. The van der Waals surface area contributed by atoms with Gasteiger partial charge in [0.2, 0.25) is 0 Å². The fourth-order valence-corrected chi connectivity index (χ4v) is 5.85. The maximum Gasteiger partial charge on any atom is 0.490 e. The highest BCUT2D eigenvalue weighted by Gasteiger charge is 2.64. The lowest BCUT2D eigenvalue weighted by Crippen LogP contribution is -2.50. The molecule has 1 saturated heterocycles. The summed E-state index contributed by atoms with van der Waals surface area (Å²) in [6.07, 6.45) is -3.82. The van der Waals surface area contributed by atoms with Crippen molar-refractivity contribution >= 4 is 39.4 Å². The van der Waals surface area contributed by atoms with Crippen molar-refractivity contribution in [1.29, 1.82) is 0 Å². The number of hydrogen-bond donors (Lipinski definition) is 7. The van der Waals surface area contributed by atoms with Gasteiger partial charge in [-0.3, -0.25) is 18.9 Å². The van der Waals surface area contributed by atoms with Crippen LogP contribution in [0.2, 0.25) is 0 Å². The van der Waals surface area contributed by atoms with Crippen molar-refractivity contribution in [2.24, 2.45) is 0 Å². The highest BCUT2D eigenvalue weighted by molar-refractivity contribution is 9.10. The summed E-state index contributed by atoms with van der Waals surface area (Å²) in [7, 11) is -17.4. The number of H-pyrrole nitrogens is 1. The Hall–Kier alpha value is -0.620. The highest BCUT2D eigenvalue weighted by atomic mass is 79.9. The lowest BCUT2D eigenvalue weighted by atomic mass is 9.95. The van der Waals surface area contributed by atoms with E-state index in [1.165, 1.54) is 0 Å². The van der Waals surface area contributed by atoms with E-state index in [-0.39, 0.29) is 4.47 Å². The van der Waals surface area contributed by atoms with Crippen LogP contribution < -0.4 is 11.2 Å². The number of aliphatic hydroxyl groups excluding tert-OH is 1. The third kappa shape index (κ3) is 6.28. The second kappa shape index (κ2) is 8.87. The Morgan fingerprint density at radius 3 is 2.31 bits per heavy atom. The van der Waals surface area contributed by atoms with Crippen molar-refractivity contribution in [3.63, 3.8) is 0 Å². The van der Waals surface area contributed by atoms with Crippen molar-refractivity contribution in [1.82, 2.24) is 9.55 Å². The minimum absolute atomic E-state index is 0.254. The first-order valence-electron chi connectivity index (χ1n) is 7.76. The van der Waals surface area contributed by atoms with Crippen molar-refractivity contribution in [3.05, 3.63) is 31.5 Å². The van der Waals surface area contributed by atoms with Crippen LogP contribution in [0, 0.1) is 0 Å². The van der Waals surface area contributed by atoms with E-state index in [2.05, 4.69) is 29.1 Å². The molecular weight excluding hydrogens is 580 g/mol. The van der Waals surface area contributed by atoms with Crippen LogP contribution in [-0.2, 0) is 31.6 Å². The van der Waals surface area contributed by atoms with Gasteiger partial charge < -0.3 is 34.5 Å². The summed E-state index contributed by atoms with van der Waals surface area (Å²) in [5.41, 5.74) is -4.70. The molecule has 184 valence electrons. The van der Waals surface area contributed by atoms with E-state index in [4.69, 9.17) is 19.4 Å². The molecule has 0 aliphatic carbocycles. The van der Waals surface area contributed by atoms with Crippen LogP contribution in [0.25, 0.3) is 0 Å². The first kappa shape index (κ1) is 27.6. The van der Waals surface area contributed by atoms with Crippen molar-refractivity contribution < 1.29 is 65.8 Å². The molecule has 2 rings (SSSR count). The maximum absolute atomic E-state index is 15.2. The first-order valence-corrected chi connectivity index (χ1v) is 13.1. The molecule has 7 N–H and O–H groups in total. The van der Waals surface area contributed by atoms with Crippen LogP contribution in [0.5, 0.6) is 0 Å². The molecule has 2 heterocycles. The lowest BCUT2D eigenvalue weighted by molar-refractivity contribution is -0.205. The number of phosphoric acid groups is 3. The van der Waals surface area contributed by atoms with Gasteiger partial charge in [0.1, 0.15) is 18.3 Å². The number of nitrogens with one attached hydrogen (secondary N) is 1. The van der Waals surface area contributed by atoms with Crippen LogP contribution in [-0.4, -0.2) is 63.5 Å². The van der Waals surface area contributed by atoms with E-state index in [9.17, 15) is 38.4 Å². The normalized spacial score (nSPS) is 32.4. The predicted octanol–water partition coefficient (Wildman–Crippen LogP) is -1.05. The number of hydrogen-bond acceptors (Lipinski definition) is 11. The molecule has 0 bridgehead atoms. The summed E-state index contributed by atoms with van der Waals surface area (Å²) in [4.78, 5) is 60.6. The van der Waals surface area contributed by atoms with E-state index in [1.54, 1.807) is 4.98 Å². The molecule has 1 aromatic rings. The number of aromatic amines is 1. The van der Waals surface area contributed by atoms with Gasteiger partial charge >= 0.3 is 29.2 Å². The van der Waals surface area contributed by atoms with E-state index in [0.29, 0.717) is 4.57 Å². The minimum atomic E-state index is -5.90. The van der Waals surface area contributed by atoms with Gasteiger partial charge in [0.25, 0.3) is 11.4 Å². The zero-order valence-corrected chi connectivity index (χ0v) is 19.6. The minimum Gasteiger partial charge on any atom is -0.384 e. The Morgan fingerprint density at radius 2 is 1.78 bits per heavy atom. The number of nitrogens with zero attached hydrogens (tertiary/aromatic N) is 1. The zero-order valence-electron chi connectivity index (χ0n) is 15.3. The van der Waals surface area contributed by atoms with Crippen LogP contribution in [0.15, 0.2) is 20.3 Å². The van der Waals surface area contributed by atoms with Gasteiger partial charge in [-0.05, 0) is 22.9 Å². The highest BCUT2D eigenvalue weighted by Crippen LogP contribution is 2.66. The lowest BCUT2D eigenvalue weighted by Gasteiger charge is -2.27. The largest absolute Gasteiger partial charge is 0.490 e. The number of phosphoric ester groups is 1. The van der Waals surface area contributed by atoms with Gasteiger partial charge in [-0.25, -0.2) is 22.9 Å². The summed E-state index contributed by atoms with van der Waals surface area (Å²) in [6.45, 7) is -0.969. The summed E-state index contributed by atoms with van der Waals surface area (Å²) < 4.78 is 64.8. The number of aromatic nitrogens is 2. The second-order valence-corrected chi connectivity index (χ2v) is 11.7. The molecule has 1 aliphatic heterocycles. The van der Waals surface area contributed by atoms with E-state index in [0.717, 1.165) is 13.1 Å². The Bertz CT molecular complexity index is 1150. The van der Waals surface area contributed by atoms with Crippen LogP contribution in [0.1, 0.15) is 13.2 Å². The molecule has 1 fully saturated rings. The standard InChI is InChI=1S/C10H15BrFN2O15P3/c1-9(18)6(16)10(12,27-7(9)14-2-4(11)5(15)13-8(14)17)3-26-31(22,23)29-32(24,25)28-30(19,20)21/h2,6-7,16,18H,3H2,1H3,(H,22,23)(H,24,25)(H,13,15,17)(H2,19,20,21)/t6-,7?,9+,10+/m0/s1. The molecular formula is C10H15BrFN2O15P3. The SMILES string of the molecule is C[C@]1(O)C(n2cc(Br)c(=O)[nH]c2=O)O[C@](F)(COP(=O)(O)OP(=O)(O)OP(=O)(O)O)[C@H]1O. The van der Waals surface area contributed by atoms with Crippen LogP contribution >= 0.6 is 39.4 Å². The van der Waals surface area contributed by atoms with Gasteiger partial charge in [0.05, 0.1) is 4.47 Å². The maximum atomic E-state index is 15.2. The summed E-state index contributed by atoms with van der Waals surface area (Å²) >= 11 is 2.79. The average molecular weight is 595 g/mol. The molecule has 1 aliphatic rings. The molecule has 0 radical (unpaired) electrons. The fourth-order valence-electron chi connectivity index (χ4n) is 2.50. The Labute approximate surface area is 183 Å². The Balaban J connectivity index is 2.26. The topological polar surface area (TPSA) is 264 Å². The van der Waals surface area contributed by atoms with Crippen LogP contribution in [0.3, 0.4) is 0 Å². The van der Waals surface area contributed by atoms with Gasteiger partial charge in [-0.2, -0.15) is 8.62 Å². The summed E-state index contributed by atoms with van der Waals surface area (Å²) in [5, 5.41) is 20.6. The molecule has 6 atom stereocenters. The first-order chi connectivity index (χ1) is 14.2. The van der Waals surface area contributed by atoms with E-state index < -0.39 is 65.1 Å². The Kier molecular flexibility index (Phi) is 7.65. The third-order valence-electron chi connectivity index (χ3n) is 3.79. The monoisotopic (exact) mass is 594 g/mol. The second-order valence-electron chi connectivity index (χ2n) is 6.39. The van der Waals surface area contributed by atoms with Crippen molar-refractivity contribution in [2.75, 3.05) is 6.61 Å². The molecule has 1 aromatic heterocycles. The van der Waals surface area contributed by atoms with Crippen molar-refractivity contribution in [2.45, 2.75) is 30.7 Å².